The van der Waals surface area contributed by atoms with Crippen LogP contribution in [0.2, 0.25) is 10.0 Å². The van der Waals surface area contributed by atoms with Crippen molar-refractivity contribution in [3.05, 3.63) is 58.1 Å². The molecule has 8 heteroatoms. The van der Waals surface area contributed by atoms with Crippen molar-refractivity contribution in [3.63, 3.8) is 0 Å². The molecule has 2 aromatic carbocycles. The van der Waals surface area contributed by atoms with Gasteiger partial charge in [0.1, 0.15) is 11.5 Å². The van der Waals surface area contributed by atoms with Crippen molar-refractivity contribution in [3.8, 4) is 11.5 Å². The SMILES string of the molecule is CCC(C)c1ccccc1OCC(=O)NNC(=O)CCCOc1ccc(Cl)cc1Cl. The molecular weight excluding hydrogens is 427 g/mol. The zero-order chi connectivity index (χ0) is 21.9. The topological polar surface area (TPSA) is 76.7 Å². The van der Waals surface area contributed by atoms with Crippen molar-refractivity contribution in [2.45, 2.75) is 39.0 Å². The quantitative estimate of drug-likeness (QED) is 0.397. The van der Waals surface area contributed by atoms with E-state index in [1.54, 1.807) is 18.2 Å². The van der Waals surface area contributed by atoms with Crippen molar-refractivity contribution in [1.82, 2.24) is 10.9 Å². The van der Waals surface area contributed by atoms with Crippen molar-refractivity contribution in [1.29, 1.82) is 0 Å². The second kappa shape index (κ2) is 12.3. The van der Waals surface area contributed by atoms with E-state index in [4.69, 9.17) is 32.7 Å². The highest BCUT2D eigenvalue weighted by molar-refractivity contribution is 6.35. The van der Waals surface area contributed by atoms with Crippen LogP contribution in [0, 0.1) is 0 Å². The highest BCUT2D eigenvalue weighted by Gasteiger charge is 2.12. The summed E-state index contributed by atoms with van der Waals surface area (Å²) in [6.07, 6.45) is 1.61. The average molecular weight is 453 g/mol. The molecule has 1 atom stereocenters. The molecule has 2 amide bonds. The second-order valence-electron chi connectivity index (χ2n) is 6.76. The minimum Gasteiger partial charge on any atom is -0.492 e. The minimum atomic E-state index is -0.438. The summed E-state index contributed by atoms with van der Waals surface area (Å²) in [5.41, 5.74) is 5.77. The molecule has 30 heavy (non-hydrogen) atoms. The van der Waals surface area contributed by atoms with Gasteiger partial charge in [-0.15, -0.1) is 0 Å². The fraction of sp³-hybridized carbons (Fsp3) is 0.364. The lowest BCUT2D eigenvalue weighted by Crippen LogP contribution is -2.43. The maximum absolute atomic E-state index is 12.0. The predicted molar refractivity (Wildman–Crippen MR) is 118 cm³/mol. The van der Waals surface area contributed by atoms with E-state index >= 15 is 0 Å². The van der Waals surface area contributed by atoms with Gasteiger partial charge in [-0.1, -0.05) is 55.2 Å². The molecule has 1 unspecified atom stereocenters. The monoisotopic (exact) mass is 452 g/mol. The first-order valence-corrected chi connectivity index (χ1v) is 10.5. The van der Waals surface area contributed by atoms with E-state index < -0.39 is 5.91 Å². The molecule has 2 rings (SSSR count). The van der Waals surface area contributed by atoms with Crippen molar-refractivity contribution < 1.29 is 19.1 Å². The van der Waals surface area contributed by atoms with E-state index in [1.807, 2.05) is 24.3 Å². The van der Waals surface area contributed by atoms with Crippen LogP contribution in [-0.4, -0.2) is 25.0 Å². The Kier molecular flexibility index (Phi) is 9.77. The van der Waals surface area contributed by atoms with Crippen molar-refractivity contribution >= 4 is 35.0 Å². The molecule has 0 bridgehead atoms. The standard InChI is InChI=1S/C22H26Cl2N2O4/c1-3-15(2)17-7-4-5-8-19(17)30-14-22(28)26-25-21(27)9-6-12-29-20-11-10-16(23)13-18(20)24/h4-5,7-8,10-11,13,15H,3,6,9,12,14H2,1-2H3,(H,25,27)(H,26,28). The molecular formula is C22H26Cl2N2O4. The van der Waals surface area contributed by atoms with Gasteiger partial charge in [0.25, 0.3) is 5.91 Å². The van der Waals surface area contributed by atoms with Gasteiger partial charge in [-0.2, -0.15) is 0 Å². The Balaban J connectivity index is 1.66. The smallest absolute Gasteiger partial charge is 0.276 e. The molecule has 0 aromatic heterocycles. The van der Waals surface area contributed by atoms with Gasteiger partial charge >= 0.3 is 0 Å². The maximum Gasteiger partial charge on any atom is 0.276 e. The van der Waals surface area contributed by atoms with Crippen LogP contribution in [0.1, 0.15) is 44.6 Å². The lowest BCUT2D eigenvalue weighted by Gasteiger charge is -2.15. The van der Waals surface area contributed by atoms with Gasteiger partial charge in [0.2, 0.25) is 5.91 Å². The fourth-order valence-electron chi connectivity index (χ4n) is 2.63. The van der Waals surface area contributed by atoms with Gasteiger partial charge in [-0.3, -0.25) is 20.4 Å². The van der Waals surface area contributed by atoms with Crippen LogP contribution in [0.15, 0.2) is 42.5 Å². The Morgan fingerprint density at radius 1 is 1.00 bits per heavy atom. The molecule has 2 N–H and O–H groups in total. The number of carbonyl (C=O) groups is 2. The highest BCUT2D eigenvalue weighted by atomic mass is 35.5. The number of ether oxygens (including phenoxy) is 2. The molecule has 0 aliphatic rings. The first-order chi connectivity index (χ1) is 14.4. The third-order valence-corrected chi connectivity index (χ3v) is 4.99. The number of para-hydroxylation sites is 1. The number of carbonyl (C=O) groups excluding carboxylic acids is 2. The zero-order valence-corrected chi connectivity index (χ0v) is 18.6. The number of benzene rings is 2. The molecule has 162 valence electrons. The van der Waals surface area contributed by atoms with Gasteiger partial charge < -0.3 is 9.47 Å². The number of hydrazine groups is 1. The summed E-state index contributed by atoms with van der Waals surface area (Å²) in [5, 5.41) is 0.934. The molecule has 6 nitrogen and oxygen atoms in total. The summed E-state index contributed by atoms with van der Waals surface area (Å²) in [4.78, 5) is 23.8. The summed E-state index contributed by atoms with van der Waals surface area (Å²) in [7, 11) is 0. The highest BCUT2D eigenvalue weighted by Crippen LogP contribution is 2.28. The number of amides is 2. The zero-order valence-electron chi connectivity index (χ0n) is 17.0. The number of hydrogen-bond acceptors (Lipinski definition) is 4. The Hall–Kier alpha value is -2.44. The van der Waals surface area contributed by atoms with Gasteiger partial charge in [-0.25, -0.2) is 0 Å². The molecule has 0 aliphatic heterocycles. The van der Waals surface area contributed by atoms with Crippen LogP contribution in [0.5, 0.6) is 11.5 Å². The third kappa shape index (κ3) is 7.76. The Bertz CT molecular complexity index is 861. The fourth-order valence-corrected chi connectivity index (χ4v) is 3.09. The van der Waals surface area contributed by atoms with Gasteiger partial charge in [0.05, 0.1) is 11.6 Å². The minimum absolute atomic E-state index is 0.184. The van der Waals surface area contributed by atoms with E-state index in [2.05, 4.69) is 24.7 Å². The van der Waals surface area contributed by atoms with E-state index in [1.165, 1.54) is 0 Å². The largest absolute Gasteiger partial charge is 0.492 e. The molecule has 0 radical (unpaired) electrons. The Labute approximate surface area is 186 Å². The van der Waals surface area contributed by atoms with Crippen molar-refractivity contribution in [2.75, 3.05) is 13.2 Å². The van der Waals surface area contributed by atoms with Crippen LogP contribution in [-0.2, 0) is 9.59 Å². The molecule has 0 saturated carbocycles. The van der Waals surface area contributed by atoms with E-state index in [0.29, 0.717) is 40.5 Å². The van der Waals surface area contributed by atoms with Gasteiger partial charge in [0.15, 0.2) is 6.61 Å². The van der Waals surface area contributed by atoms with Crippen LogP contribution < -0.4 is 20.3 Å². The molecule has 0 aliphatic carbocycles. The number of hydrogen-bond donors (Lipinski definition) is 2. The number of halogens is 2. The molecule has 0 fully saturated rings. The average Bonchev–Trinajstić information content (AvgIpc) is 2.74. The van der Waals surface area contributed by atoms with Crippen LogP contribution >= 0.6 is 23.2 Å². The number of rotatable bonds is 10. The van der Waals surface area contributed by atoms with Gasteiger partial charge in [-0.05, 0) is 48.6 Å². The summed E-state index contributed by atoms with van der Waals surface area (Å²) in [6.45, 7) is 4.32. The maximum atomic E-state index is 12.0. The summed E-state index contributed by atoms with van der Waals surface area (Å²) in [5.74, 6) is 0.741. The predicted octanol–water partition coefficient (Wildman–Crippen LogP) is 4.89. The first kappa shape index (κ1) is 23.8. The van der Waals surface area contributed by atoms with Crippen LogP contribution in [0.4, 0.5) is 0 Å². The Morgan fingerprint density at radius 3 is 2.47 bits per heavy atom. The summed E-state index contributed by atoms with van der Waals surface area (Å²) in [6, 6.07) is 12.6. The normalized spacial score (nSPS) is 11.5. The van der Waals surface area contributed by atoms with Crippen LogP contribution in [0.25, 0.3) is 0 Å². The van der Waals surface area contributed by atoms with Gasteiger partial charge in [0, 0.05) is 11.4 Å². The molecule has 0 saturated heterocycles. The van der Waals surface area contributed by atoms with E-state index in [-0.39, 0.29) is 18.9 Å². The summed E-state index contributed by atoms with van der Waals surface area (Å²) >= 11 is 11.8. The number of nitrogens with one attached hydrogen (secondary N) is 2. The molecule has 0 heterocycles. The summed E-state index contributed by atoms with van der Waals surface area (Å²) < 4.78 is 11.1. The van der Waals surface area contributed by atoms with E-state index in [9.17, 15) is 9.59 Å². The van der Waals surface area contributed by atoms with E-state index in [0.717, 1.165) is 12.0 Å². The molecule has 0 spiro atoms. The second-order valence-corrected chi connectivity index (χ2v) is 7.60. The molecule has 2 aromatic rings. The lowest BCUT2D eigenvalue weighted by molar-refractivity contribution is -0.130. The van der Waals surface area contributed by atoms with Crippen molar-refractivity contribution in [2.24, 2.45) is 0 Å². The lowest BCUT2D eigenvalue weighted by atomic mass is 9.98. The Morgan fingerprint density at radius 2 is 1.73 bits per heavy atom. The first-order valence-electron chi connectivity index (χ1n) is 9.78. The van der Waals surface area contributed by atoms with Crippen LogP contribution in [0.3, 0.4) is 0 Å². The third-order valence-electron chi connectivity index (χ3n) is 4.46.